The topological polar surface area (TPSA) is 115 Å². The maximum atomic E-state index is 12.5. The fraction of sp³-hybridized carbons (Fsp3) is 0.333. The molecule has 0 bridgehead atoms. The summed E-state index contributed by atoms with van der Waals surface area (Å²) in [6.07, 6.45) is 0. The summed E-state index contributed by atoms with van der Waals surface area (Å²) in [6, 6.07) is 4.85. The molecule has 0 radical (unpaired) electrons. The Kier molecular flexibility index (Phi) is 6.31. The van der Waals surface area contributed by atoms with E-state index in [-0.39, 0.29) is 29.0 Å². The van der Waals surface area contributed by atoms with E-state index < -0.39 is 24.3 Å². The second-order valence-corrected chi connectivity index (χ2v) is 8.19. The Hall–Kier alpha value is -3.07. The summed E-state index contributed by atoms with van der Waals surface area (Å²) in [6.45, 7) is 6.54. The molecule has 9 heteroatoms. The average Bonchev–Trinajstić information content (AvgIpc) is 3.00. The molecule has 3 rings (SSSR count). The maximum absolute atomic E-state index is 12.5. The summed E-state index contributed by atoms with van der Waals surface area (Å²) in [5.74, 6) is -1.79. The van der Waals surface area contributed by atoms with Crippen molar-refractivity contribution >= 4 is 41.1 Å². The first-order valence-electron chi connectivity index (χ1n) is 9.41. The first-order valence-corrected chi connectivity index (χ1v) is 10.3. The van der Waals surface area contributed by atoms with Gasteiger partial charge >= 0.3 is 11.9 Å². The van der Waals surface area contributed by atoms with Crippen molar-refractivity contribution in [2.45, 2.75) is 37.8 Å². The summed E-state index contributed by atoms with van der Waals surface area (Å²) in [5.41, 5.74) is 2.24. The number of benzene rings is 1. The molecule has 0 saturated carbocycles. The van der Waals surface area contributed by atoms with E-state index in [4.69, 9.17) is 9.47 Å². The van der Waals surface area contributed by atoms with Crippen molar-refractivity contribution in [3.05, 3.63) is 46.3 Å². The van der Waals surface area contributed by atoms with Gasteiger partial charge in [-0.2, -0.15) is 0 Å². The van der Waals surface area contributed by atoms with Crippen LogP contribution in [0.2, 0.25) is 0 Å². The standard InChI is InChI=1S/C21H22N2O6S/c1-5-28-21(27)17-10(2)18(22-11(17)3)15(24)9-29-20(26)13-6-7-16-14(8-13)23-19(25)12(4)30-16/h6-8,12,22H,5,9H2,1-4H3,(H,23,25)/t12-/m0/s1. The molecule has 8 nitrogen and oxygen atoms in total. The van der Waals surface area contributed by atoms with Gasteiger partial charge in [0.1, 0.15) is 0 Å². The van der Waals surface area contributed by atoms with Gasteiger partial charge in [0.2, 0.25) is 11.7 Å². The highest BCUT2D eigenvalue weighted by Gasteiger charge is 2.25. The number of carbonyl (C=O) groups excluding carboxylic acids is 4. The van der Waals surface area contributed by atoms with E-state index in [0.29, 0.717) is 22.5 Å². The molecule has 2 N–H and O–H groups in total. The van der Waals surface area contributed by atoms with Crippen molar-refractivity contribution in [2.75, 3.05) is 18.5 Å². The van der Waals surface area contributed by atoms with Crippen LogP contribution in [0.5, 0.6) is 0 Å². The molecule has 2 aromatic rings. The van der Waals surface area contributed by atoms with Crippen molar-refractivity contribution in [3.63, 3.8) is 0 Å². The van der Waals surface area contributed by atoms with Crippen LogP contribution in [0.4, 0.5) is 5.69 Å². The van der Waals surface area contributed by atoms with E-state index in [9.17, 15) is 19.2 Å². The van der Waals surface area contributed by atoms with Crippen molar-refractivity contribution in [3.8, 4) is 0 Å². The Labute approximate surface area is 177 Å². The first-order chi connectivity index (χ1) is 14.2. The van der Waals surface area contributed by atoms with Gasteiger partial charge in [-0.05, 0) is 51.5 Å². The smallest absolute Gasteiger partial charge is 0.340 e. The van der Waals surface area contributed by atoms with Gasteiger partial charge in [0, 0.05) is 10.6 Å². The normalized spacial score (nSPS) is 15.2. The number of anilines is 1. The van der Waals surface area contributed by atoms with Crippen LogP contribution < -0.4 is 5.32 Å². The predicted molar refractivity (Wildman–Crippen MR) is 111 cm³/mol. The minimum Gasteiger partial charge on any atom is -0.462 e. The molecule has 158 valence electrons. The number of H-pyrrole nitrogens is 1. The number of ether oxygens (including phenoxy) is 2. The minimum atomic E-state index is -0.685. The number of aromatic nitrogens is 1. The number of carbonyl (C=O) groups is 4. The summed E-state index contributed by atoms with van der Waals surface area (Å²) in [5, 5.41) is 2.54. The third kappa shape index (κ3) is 4.25. The second-order valence-electron chi connectivity index (χ2n) is 6.81. The van der Waals surface area contributed by atoms with Crippen molar-refractivity contribution in [1.82, 2.24) is 4.98 Å². The fourth-order valence-corrected chi connectivity index (χ4v) is 4.09. The zero-order chi connectivity index (χ0) is 22.0. The van der Waals surface area contributed by atoms with Gasteiger partial charge in [-0.3, -0.25) is 9.59 Å². The van der Waals surface area contributed by atoms with Crippen LogP contribution >= 0.6 is 11.8 Å². The van der Waals surface area contributed by atoms with E-state index in [0.717, 1.165) is 4.90 Å². The van der Waals surface area contributed by atoms with Crippen molar-refractivity contribution in [1.29, 1.82) is 0 Å². The fourth-order valence-electron chi connectivity index (χ4n) is 3.16. The molecule has 1 aliphatic rings. The van der Waals surface area contributed by atoms with Gasteiger partial charge in [-0.15, -0.1) is 11.8 Å². The number of aryl methyl sites for hydroxylation is 1. The second kappa shape index (κ2) is 8.74. The molecule has 0 spiro atoms. The largest absolute Gasteiger partial charge is 0.462 e. The summed E-state index contributed by atoms with van der Waals surface area (Å²) >= 11 is 1.41. The molecular formula is C21H22N2O6S. The molecular weight excluding hydrogens is 408 g/mol. The number of amides is 1. The van der Waals surface area contributed by atoms with Gasteiger partial charge in [0.05, 0.1) is 34.4 Å². The van der Waals surface area contributed by atoms with E-state index in [2.05, 4.69) is 10.3 Å². The van der Waals surface area contributed by atoms with Crippen molar-refractivity contribution < 1.29 is 28.7 Å². The highest BCUT2D eigenvalue weighted by Crippen LogP contribution is 2.36. The van der Waals surface area contributed by atoms with Crippen LogP contribution in [0.3, 0.4) is 0 Å². The number of nitrogens with one attached hydrogen (secondary N) is 2. The first kappa shape index (κ1) is 21.6. The highest BCUT2D eigenvalue weighted by molar-refractivity contribution is 8.00. The zero-order valence-electron chi connectivity index (χ0n) is 17.1. The Bertz CT molecular complexity index is 1040. The molecule has 1 amide bonds. The maximum Gasteiger partial charge on any atom is 0.340 e. The Morgan fingerprint density at radius 1 is 1.13 bits per heavy atom. The van der Waals surface area contributed by atoms with E-state index in [1.807, 2.05) is 0 Å². The Morgan fingerprint density at radius 2 is 1.87 bits per heavy atom. The van der Waals surface area contributed by atoms with E-state index >= 15 is 0 Å². The summed E-state index contributed by atoms with van der Waals surface area (Å²) in [7, 11) is 0. The third-order valence-electron chi connectivity index (χ3n) is 4.68. The number of esters is 2. The van der Waals surface area contributed by atoms with Crippen LogP contribution in [0.15, 0.2) is 23.1 Å². The molecule has 1 aliphatic heterocycles. The van der Waals surface area contributed by atoms with Gasteiger partial charge in [-0.1, -0.05) is 0 Å². The predicted octanol–water partition coefficient (Wildman–Crippen LogP) is 3.28. The number of rotatable bonds is 6. The van der Waals surface area contributed by atoms with Gasteiger partial charge in [0.15, 0.2) is 6.61 Å². The van der Waals surface area contributed by atoms with Crippen LogP contribution in [0.1, 0.15) is 56.3 Å². The highest BCUT2D eigenvalue weighted by atomic mass is 32.2. The molecule has 30 heavy (non-hydrogen) atoms. The molecule has 1 aromatic heterocycles. The van der Waals surface area contributed by atoms with Gasteiger partial charge in [0.25, 0.3) is 0 Å². The van der Waals surface area contributed by atoms with E-state index in [1.54, 1.807) is 39.8 Å². The third-order valence-corrected chi connectivity index (χ3v) is 5.85. The lowest BCUT2D eigenvalue weighted by atomic mass is 10.1. The Morgan fingerprint density at radius 3 is 2.57 bits per heavy atom. The number of Topliss-reactive ketones (excluding diaryl/α,β-unsaturated/α-hetero) is 1. The molecule has 1 aromatic carbocycles. The lowest BCUT2D eigenvalue weighted by molar-refractivity contribution is -0.115. The summed E-state index contributed by atoms with van der Waals surface area (Å²) in [4.78, 5) is 52.6. The number of aromatic amines is 1. The Balaban J connectivity index is 1.69. The number of fused-ring (bicyclic) bond motifs is 1. The van der Waals surface area contributed by atoms with Crippen LogP contribution in [-0.4, -0.2) is 47.1 Å². The lowest BCUT2D eigenvalue weighted by Crippen LogP contribution is -2.26. The van der Waals surface area contributed by atoms with Crippen LogP contribution in [0.25, 0.3) is 0 Å². The lowest BCUT2D eigenvalue weighted by Gasteiger charge is -2.21. The van der Waals surface area contributed by atoms with Crippen LogP contribution in [0, 0.1) is 13.8 Å². The van der Waals surface area contributed by atoms with E-state index in [1.165, 1.54) is 17.8 Å². The molecule has 0 unspecified atom stereocenters. The average molecular weight is 430 g/mol. The quantitative estimate of drug-likeness (QED) is 0.534. The molecule has 0 fully saturated rings. The van der Waals surface area contributed by atoms with Gasteiger partial charge in [-0.25, -0.2) is 9.59 Å². The number of ketones is 1. The summed E-state index contributed by atoms with van der Waals surface area (Å²) < 4.78 is 10.2. The zero-order valence-corrected chi connectivity index (χ0v) is 17.9. The monoisotopic (exact) mass is 430 g/mol. The number of hydrogen-bond donors (Lipinski definition) is 2. The van der Waals surface area contributed by atoms with Crippen LogP contribution in [-0.2, 0) is 14.3 Å². The molecule has 0 saturated heterocycles. The molecule has 2 heterocycles. The minimum absolute atomic E-state index is 0.136. The SMILES string of the molecule is CCOC(=O)c1c(C)[nH]c(C(=O)COC(=O)c2ccc3c(c2)NC(=O)[C@H](C)S3)c1C. The van der Waals surface area contributed by atoms with Crippen molar-refractivity contribution in [2.24, 2.45) is 0 Å². The number of thioether (sulfide) groups is 1. The van der Waals surface area contributed by atoms with Gasteiger partial charge < -0.3 is 19.8 Å². The number of hydrogen-bond acceptors (Lipinski definition) is 7. The molecule has 1 atom stereocenters. The molecule has 0 aliphatic carbocycles.